The van der Waals surface area contributed by atoms with Crippen molar-refractivity contribution < 1.29 is 0 Å². The highest BCUT2D eigenvalue weighted by molar-refractivity contribution is 7.09. The SMILES string of the molecule is CN(C)CCn1cc(CNC(Cc2ccsc2)c2nccs2)c2ccccc21. The van der Waals surface area contributed by atoms with Crippen LogP contribution in [0.3, 0.4) is 0 Å². The molecular weight excluding hydrogens is 384 g/mol. The zero-order chi connectivity index (χ0) is 19.3. The lowest BCUT2D eigenvalue weighted by Crippen LogP contribution is -2.22. The number of fused-ring (bicyclic) bond motifs is 1. The van der Waals surface area contributed by atoms with Gasteiger partial charge in [0.2, 0.25) is 0 Å². The van der Waals surface area contributed by atoms with Crippen LogP contribution >= 0.6 is 22.7 Å². The van der Waals surface area contributed by atoms with Gasteiger partial charge in [-0.15, -0.1) is 11.3 Å². The van der Waals surface area contributed by atoms with Crippen molar-refractivity contribution in [1.82, 2.24) is 19.8 Å². The fourth-order valence-corrected chi connectivity index (χ4v) is 4.88. The molecule has 0 bridgehead atoms. The van der Waals surface area contributed by atoms with Gasteiger partial charge in [0.1, 0.15) is 5.01 Å². The van der Waals surface area contributed by atoms with Gasteiger partial charge >= 0.3 is 0 Å². The molecule has 4 rings (SSSR count). The number of para-hydroxylation sites is 1. The number of thiazole rings is 1. The molecule has 0 saturated heterocycles. The van der Waals surface area contributed by atoms with Gasteiger partial charge in [0.05, 0.1) is 6.04 Å². The molecule has 0 spiro atoms. The van der Waals surface area contributed by atoms with Crippen LogP contribution in [0.15, 0.2) is 58.9 Å². The van der Waals surface area contributed by atoms with Crippen LogP contribution in [0, 0.1) is 0 Å². The van der Waals surface area contributed by atoms with Crippen LogP contribution in [-0.4, -0.2) is 35.1 Å². The van der Waals surface area contributed by atoms with Crippen molar-refractivity contribution in [2.45, 2.75) is 25.6 Å². The second-order valence-corrected chi connectivity index (χ2v) is 9.01. The fraction of sp³-hybridized carbons (Fsp3) is 0.318. The molecule has 28 heavy (non-hydrogen) atoms. The summed E-state index contributed by atoms with van der Waals surface area (Å²) in [4.78, 5) is 6.80. The molecule has 4 nitrogen and oxygen atoms in total. The molecule has 4 aromatic rings. The van der Waals surface area contributed by atoms with Crippen LogP contribution < -0.4 is 5.32 Å². The Hall–Kier alpha value is -1.99. The van der Waals surface area contributed by atoms with Crippen molar-refractivity contribution in [3.8, 4) is 0 Å². The Morgan fingerprint density at radius 2 is 2.07 bits per heavy atom. The number of aromatic nitrogens is 2. The number of hydrogen-bond donors (Lipinski definition) is 1. The Kier molecular flexibility index (Phi) is 6.22. The molecule has 0 aliphatic carbocycles. The average Bonchev–Trinajstić information content (AvgIpc) is 3.45. The van der Waals surface area contributed by atoms with E-state index in [2.05, 4.69) is 86.5 Å². The second kappa shape index (κ2) is 9.01. The van der Waals surface area contributed by atoms with E-state index in [0.717, 1.165) is 31.1 Å². The van der Waals surface area contributed by atoms with Crippen molar-refractivity contribution in [3.05, 3.63) is 75.0 Å². The third-order valence-corrected chi connectivity index (χ3v) is 6.59. The molecule has 3 heterocycles. The first kappa shape index (κ1) is 19.3. The minimum absolute atomic E-state index is 0.235. The largest absolute Gasteiger partial charge is 0.346 e. The highest BCUT2D eigenvalue weighted by atomic mass is 32.1. The standard InChI is InChI=1S/C22H26N4S2/c1-25(2)9-10-26-15-18(19-5-3-4-6-21(19)26)14-24-20(22-23-8-12-28-22)13-17-7-11-27-16-17/h3-8,11-12,15-16,20,24H,9-10,13-14H2,1-2H3. The summed E-state index contributed by atoms with van der Waals surface area (Å²) in [6.07, 6.45) is 5.18. The molecule has 1 N–H and O–H groups in total. The maximum atomic E-state index is 4.57. The van der Waals surface area contributed by atoms with E-state index in [9.17, 15) is 0 Å². The molecule has 146 valence electrons. The Balaban J connectivity index is 1.54. The Bertz CT molecular complexity index is 987. The van der Waals surface area contributed by atoms with Crippen LogP contribution in [0.1, 0.15) is 22.2 Å². The lowest BCUT2D eigenvalue weighted by molar-refractivity contribution is 0.386. The third kappa shape index (κ3) is 4.52. The first-order valence-corrected chi connectivity index (χ1v) is 11.4. The summed E-state index contributed by atoms with van der Waals surface area (Å²) in [5.41, 5.74) is 4.03. The Morgan fingerprint density at radius 3 is 2.82 bits per heavy atom. The number of nitrogens with one attached hydrogen (secondary N) is 1. The monoisotopic (exact) mass is 410 g/mol. The maximum Gasteiger partial charge on any atom is 0.110 e. The van der Waals surface area contributed by atoms with E-state index < -0.39 is 0 Å². The predicted octanol–water partition coefficient (Wildman–Crippen LogP) is 4.79. The van der Waals surface area contributed by atoms with Crippen molar-refractivity contribution in [1.29, 1.82) is 0 Å². The van der Waals surface area contributed by atoms with Crippen molar-refractivity contribution in [3.63, 3.8) is 0 Å². The summed E-state index contributed by atoms with van der Waals surface area (Å²) in [5, 5.41) is 12.7. The van der Waals surface area contributed by atoms with Crippen molar-refractivity contribution in [2.75, 3.05) is 20.6 Å². The molecule has 6 heteroatoms. The molecule has 0 saturated carbocycles. The van der Waals surface area contributed by atoms with Gasteiger partial charge in [0.25, 0.3) is 0 Å². The summed E-state index contributed by atoms with van der Waals surface area (Å²) in [6.45, 7) is 2.87. The maximum absolute atomic E-state index is 4.57. The minimum Gasteiger partial charge on any atom is -0.346 e. The first-order valence-electron chi connectivity index (χ1n) is 9.56. The quantitative estimate of drug-likeness (QED) is 0.430. The molecule has 0 radical (unpaired) electrons. The van der Waals surface area contributed by atoms with E-state index in [1.54, 1.807) is 22.7 Å². The van der Waals surface area contributed by atoms with E-state index in [1.165, 1.54) is 22.0 Å². The molecule has 1 aromatic carbocycles. The molecular formula is C22H26N4S2. The van der Waals surface area contributed by atoms with Crippen LogP contribution in [0.5, 0.6) is 0 Å². The number of thiophene rings is 1. The third-order valence-electron chi connectivity index (χ3n) is 4.97. The number of hydrogen-bond acceptors (Lipinski definition) is 5. The van der Waals surface area contributed by atoms with E-state index in [0.29, 0.717) is 0 Å². The fourth-order valence-electron chi connectivity index (χ4n) is 3.49. The molecule has 0 amide bonds. The smallest absolute Gasteiger partial charge is 0.110 e. The van der Waals surface area contributed by atoms with Gasteiger partial charge in [-0.1, -0.05) is 18.2 Å². The molecule has 0 aliphatic heterocycles. The Labute approximate surface area is 174 Å². The van der Waals surface area contributed by atoms with Crippen LogP contribution in [0.25, 0.3) is 10.9 Å². The number of likely N-dealkylation sites (N-methyl/N-ethyl adjacent to an activating group) is 1. The molecule has 0 aliphatic rings. The normalized spacial score (nSPS) is 12.8. The lowest BCUT2D eigenvalue weighted by atomic mass is 10.1. The molecule has 1 unspecified atom stereocenters. The lowest BCUT2D eigenvalue weighted by Gasteiger charge is -2.16. The topological polar surface area (TPSA) is 33.1 Å². The van der Waals surface area contributed by atoms with Gasteiger partial charge in [-0.05, 0) is 54.5 Å². The van der Waals surface area contributed by atoms with Gasteiger partial charge in [-0.25, -0.2) is 4.98 Å². The zero-order valence-electron chi connectivity index (χ0n) is 16.3. The van der Waals surface area contributed by atoms with Crippen LogP contribution in [0.4, 0.5) is 0 Å². The van der Waals surface area contributed by atoms with Crippen molar-refractivity contribution in [2.24, 2.45) is 0 Å². The second-order valence-electron chi connectivity index (χ2n) is 7.31. The van der Waals surface area contributed by atoms with Gasteiger partial charge < -0.3 is 14.8 Å². The number of nitrogens with zero attached hydrogens (tertiary/aromatic N) is 3. The predicted molar refractivity (Wildman–Crippen MR) is 120 cm³/mol. The zero-order valence-corrected chi connectivity index (χ0v) is 18.0. The summed E-state index contributed by atoms with van der Waals surface area (Å²) in [7, 11) is 4.24. The van der Waals surface area contributed by atoms with E-state index in [-0.39, 0.29) is 6.04 Å². The van der Waals surface area contributed by atoms with E-state index in [1.807, 2.05) is 6.20 Å². The van der Waals surface area contributed by atoms with Gasteiger partial charge in [-0.3, -0.25) is 0 Å². The number of rotatable bonds is 9. The molecule has 1 atom stereocenters. The summed E-state index contributed by atoms with van der Waals surface area (Å²) in [6, 6.07) is 11.2. The van der Waals surface area contributed by atoms with Gasteiger partial charge in [-0.2, -0.15) is 11.3 Å². The highest BCUT2D eigenvalue weighted by Crippen LogP contribution is 2.25. The Morgan fingerprint density at radius 1 is 1.18 bits per heavy atom. The van der Waals surface area contributed by atoms with Crippen LogP contribution in [-0.2, 0) is 19.5 Å². The summed E-state index contributed by atoms with van der Waals surface area (Å²) >= 11 is 3.48. The highest BCUT2D eigenvalue weighted by Gasteiger charge is 2.16. The van der Waals surface area contributed by atoms with E-state index in [4.69, 9.17) is 0 Å². The first-order chi connectivity index (χ1) is 13.7. The van der Waals surface area contributed by atoms with Crippen molar-refractivity contribution >= 4 is 33.6 Å². The van der Waals surface area contributed by atoms with Crippen LogP contribution in [0.2, 0.25) is 0 Å². The average molecular weight is 411 g/mol. The molecule has 0 fully saturated rings. The van der Waals surface area contributed by atoms with Gasteiger partial charge in [0, 0.05) is 48.3 Å². The summed E-state index contributed by atoms with van der Waals surface area (Å²) in [5.74, 6) is 0. The minimum atomic E-state index is 0.235. The number of benzene rings is 1. The van der Waals surface area contributed by atoms with E-state index >= 15 is 0 Å². The summed E-state index contributed by atoms with van der Waals surface area (Å²) < 4.78 is 2.38. The van der Waals surface area contributed by atoms with Gasteiger partial charge in [0.15, 0.2) is 0 Å². The molecule has 3 aromatic heterocycles.